The first kappa shape index (κ1) is 15.1. The smallest absolute Gasteiger partial charge is 0.0360 e. The summed E-state index contributed by atoms with van der Waals surface area (Å²) < 4.78 is 0. The zero-order valence-electron chi connectivity index (χ0n) is 11.8. The molecule has 1 atom stereocenters. The lowest BCUT2D eigenvalue weighted by Crippen LogP contribution is -2.17. The Morgan fingerprint density at radius 1 is 1.44 bits per heavy atom. The van der Waals surface area contributed by atoms with Gasteiger partial charge in [0, 0.05) is 18.4 Å². The van der Waals surface area contributed by atoms with Crippen LogP contribution in [0.5, 0.6) is 0 Å². The SMILES string of the molecule is CCCCCN.CN1CCCC1c1cccnc1. The van der Waals surface area contributed by atoms with Gasteiger partial charge in [-0.3, -0.25) is 9.88 Å². The van der Waals surface area contributed by atoms with Gasteiger partial charge in [0.05, 0.1) is 0 Å². The van der Waals surface area contributed by atoms with Crippen molar-refractivity contribution in [2.24, 2.45) is 5.73 Å². The predicted octanol–water partition coefficient (Wildman–Crippen LogP) is 2.98. The van der Waals surface area contributed by atoms with Crippen LogP contribution in [0.2, 0.25) is 0 Å². The Morgan fingerprint density at radius 3 is 2.72 bits per heavy atom. The minimum absolute atomic E-state index is 0.610. The van der Waals surface area contributed by atoms with Gasteiger partial charge in [0.25, 0.3) is 0 Å². The van der Waals surface area contributed by atoms with Crippen molar-refractivity contribution < 1.29 is 0 Å². The summed E-state index contributed by atoms with van der Waals surface area (Å²) in [6.07, 6.45) is 10.2. The summed E-state index contributed by atoms with van der Waals surface area (Å²) in [7, 11) is 2.19. The minimum atomic E-state index is 0.610. The molecule has 1 unspecified atom stereocenters. The van der Waals surface area contributed by atoms with Gasteiger partial charge in [-0.15, -0.1) is 0 Å². The van der Waals surface area contributed by atoms with E-state index in [1.165, 1.54) is 44.2 Å². The van der Waals surface area contributed by atoms with E-state index >= 15 is 0 Å². The van der Waals surface area contributed by atoms with E-state index in [1.54, 1.807) is 0 Å². The normalized spacial score (nSPS) is 19.4. The van der Waals surface area contributed by atoms with Crippen molar-refractivity contribution in [3.63, 3.8) is 0 Å². The molecule has 3 heteroatoms. The number of pyridine rings is 1. The molecule has 0 spiro atoms. The summed E-state index contributed by atoms with van der Waals surface area (Å²) in [5.74, 6) is 0. The molecule has 102 valence electrons. The van der Waals surface area contributed by atoms with Gasteiger partial charge in [0.2, 0.25) is 0 Å². The van der Waals surface area contributed by atoms with Crippen LogP contribution >= 0.6 is 0 Å². The van der Waals surface area contributed by atoms with Crippen molar-refractivity contribution in [1.29, 1.82) is 0 Å². The Morgan fingerprint density at radius 2 is 2.28 bits per heavy atom. The number of rotatable bonds is 4. The second kappa shape index (κ2) is 9.06. The Bertz CT molecular complexity index is 296. The predicted molar refractivity (Wildman–Crippen MR) is 77.4 cm³/mol. The summed E-state index contributed by atoms with van der Waals surface area (Å²) in [6, 6.07) is 4.79. The lowest BCUT2D eigenvalue weighted by atomic mass is 10.1. The molecule has 0 aliphatic carbocycles. The van der Waals surface area contributed by atoms with Crippen molar-refractivity contribution >= 4 is 0 Å². The highest BCUT2D eigenvalue weighted by Crippen LogP contribution is 2.29. The quantitative estimate of drug-likeness (QED) is 0.834. The van der Waals surface area contributed by atoms with Crippen LogP contribution in [0.4, 0.5) is 0 Å². The number of nitrogens with two attached hydrogens (primary N) is 1. The third-order valence-corrected chi connectivity index (χ3v) is 3.40. The average Bonchev–Trinajstić information content (AvgIpc) is 2.84. The minimum Gasteiger partial charge on any atom is -0.330 e. The fourth-order valence-corrected chi connectivity index (χ4v) is 2.30. The fourth-order valence-electron chi connectivity index (χ4n) is 2.30. The van der Waals surface area contributed by atoms with Crippen LogP contribution in [0.25, 0.3) is 0 Å². The molecular formula is C15H27N3. The molecule has 2 N–H and O–H groups in total. The van der Waals surface area contributed by atoms with Gasteiger partial charge in [-0.1, -0.05) is 25.8 Å². The Labute approximate surface area is 111 Å². The van der Waals surface area contributed by atoms with E-state index < -0.39 is 0 Å². The van der Waals surface area contributed by atoms with E-state index in [-0.39, 0.29) is 0 Å². The molecule has 1 aliphatic heterocycles. The van der Waals surface area contributed by atoms with Crippen LogP contribution in [0.15, 0.2) is 24.5 Å². The van der Waals surface area contributed by atoms with E-state index in [1.807, 2.05) is 18.5 Å². The molecule has 0 bridgehead atoms. The highest BCUT2D eigenvalue weighted by atomic mass is 15.1. The number of nitrogens with zero attached hydrogens (tertiary/aromatic N) is 2. The average molecular weight is 249 g/mol. The third kappa shape index (κ3) is 5.15. The van der Waals surface area contributed by atoms with Gasteiger partial charge in [-0.2, -0.15) is 0 Å². The van der Waals surface area contributed by atoms with Crippen molar-refractivity contribution in [1.82, 2.24) is 9.88 Å². The molecule has 0 aromatic carbocycles. The number of hydrogen-bond donors (Lipinski definition) is 1. The zero-order valence-corrected chi connectivity index (χ0v) is 11.8. The van der Waals surface area contributed by atoms with Crippen LogP contribution in [0, 0.1) is 0 Å². The summed E-state index contributed by atoms with van der Waals surface area (Å²) in [5, 5.41) is 0. The van der Waals surface area contributed by atoms with Crippen LogP contribution in [0.1, 0.15) is 50.6 Å². The first-order chi connectivity index (χ1) is 8.79. The number of likely N-dealkylation sites (tertiary alicyclic amines) is 1. The van der Waals surface area contributed by atoms with Crippen LogP contribution in [-0.4, -0.2) is 30.0 Å². The summed E-state index contributed by atoms with van der Waals surface area (Å²) in [5.41, 5.74) is 6.57. The van der Waals surface area contributed by atoms with Gasteiger partial charge in [0.1, 0.15) is 0 Å². The van der Waals surface area contributed by atoms with E-state index in [2.05, 4.69) is 29.9 Å². The zero-order chi connectivity index (χ0) is 13.2. The molecule has 1 aromatic rings. The Kier molecular flexibility index (Phi) is 7.62. The van der Waals surface area contributed by atoms with E-state index in [0.717, 1.165) is 6.54 Å². The number of aromatic nitrogens is 1. The first-order valence-electron chi connectivity index (χ1n) is 7.09. The maximum Gasteiger partial charge on any atom is 0.0360 e. The highest BCUT2D eigenvalue weighted by Gasteiger charge is 2.21. The number of hydrogen-bond acceptors (Lipinski definition) is 3. The van der Waals surface area contributed by atoms with Crippen molar-refractivity contribution in [3.05, 3.63) is 30.1 Å². The van der Waals surface area contributed by atoms with Crippen LogP contribution < -0.4 is 5.73 Å². The Balaban J connectivity index is 0.000000232. The largest absolute Gasteiger partial charge is 0.330 e. The molecule has 0 radical (unpaired) electrons. The first-order valence-corrected chi connectivity index (χ1v) is 7.09. The van der Waals surface area contributed by atoms with Crippen LogP contribution in [-0.2, 0) is 0 Å². The van der Waals surface area contributed by atoms with Crippen molar-refractivity contribution in [2.75, 3.05) is 20.1 Å². The molecule has 1 aliphatic rings. The molecule has 0 saturated carbocycles. The second-order valence-corrected chi connectivity index (χ2v) is 4.92. The fraction of sp³-hybridized carbons (Fsp3) is 0.667. The molecule has 1 saturated heterocycles. The van der Waals surface area contributed by atoms with Gasteiger partial charge in [-0.05, 0) is 51.0 Å². The van der Waals surface area contributed by atoms with E-state index in [9.17, 15) is 0 Å². The topological polar surface area (TPSA) is 42.1 Å². The molecule has 2 heterocycles. The molecule has 18 heavy (non-hydrogen) atoms. The van der Waals surface area contributed by atoms with E-state index in [4.69, 9.17) is 5.73 Å². The van der Waals surface area contributed by atoms with Gasteiger partial charge in [-0.25, -0.2) is 0 Å². The maximum atomic E-state index is 5.21. The lowest BCUT2D eigenvalue weighted by Gasteiger charge is -2.18. The summed E-state index contributed by atoms with van der Waals surface area (Å²) in [6.45, 7) is 4.25. The van der Waals surface area contributed by atoms with Crippen molar-refractivity contribution in [3.8, 4) is 0 Å². The molecule has 2 rings (SSSR count). The second-order valence-electron chi connectivity index (χ2n) is 4.92. The van der Waals surface area contributed by atoms with Gasteiger partial charge < -0.3 is 5.73 Å². The highest BCUT2D eigenvalue weighted by molar-refractivity contribution is 5.14. The molecular weight excluding hydrogens is 222 g/mol. The standard InChI is InChI=1S/C10H14N2.C5H13N/c1-12-7-3-5-10(12)9-4-2-6-11-8-9;1-2-3-4-5-6/h2,4,6,8,10H,3,5,7H2,1H3;2-6H2,1H3. The Hall–Kier alpha value is -0.930. The lowest BCUT2D eigenvalue weighted by molar-refractivity contribution is 0.317. The summed E-state index contributed by atoms with van der Waals surface area (Å²) in [4.78, 5) is 6.54. The van der Waals surface area contributed by atoms with Gasteiger partial charge in [0.15, 0.2) is 0 Å². The van der Waals surface area contributed by atoms with Gasteiger partial charge >= 0.3 is 0 Å². The summed E-state index contributed by atoms with van der Waals surface area (Å²) >= 11 is 0. The molecule has 3 nitrogen and oxygen atoms in total. The molecule has 1 fully saturated rings. The molecule has 0 amide bonds. The van der Waals surface area contributed by atoms with Crippen LogP contribution in [0.3, 0.4) is 0 Å². The maximum absolute atomic E-state index is 5.21. The van der Waals surface area contributed by atoms with Crippen molar-refractivity contribution in [2.45, 2.75) is 45.1 Å². The monoisotopic (exact) mass is 249 g/mol. The third-order valence-electron chi connectivity index (χ3n) is 3.40. The van der Waals surface area contributed by atoms with E-state index in [0.29, 0.717) is 6.04 Å². The number of unbranched alkanes of at least 4 members (excludes halogenated alkanes) is 2. The molecule has 1 aromatic heterocycles.